The van der Waals surface area contributed by atoms with Gasteiger partial charge in [-0.05, 0) is 36.6 Å². The summed E-state index contributed by atoms with van der Waals surface area (Å²) in [5.74, 6) is -0.0363. The summed E-state index contributed by atoms with van der Waals surface area (Å²) in [7, 11) is 0. The fraction of sp³-hybridized carbons (Fsp3) is 0.533. The number of halogens is 1. The molecule has 1 aromatic rings. The van der Waals surface area contributed by atoms with Gasteiger partial charge in [0.05, 0.1) is 0 Å². The molecular formula is C15H24FNO2. The van der Waals surface area contributed by atoms with Gasteiger partial charge in [0, 0.05) is 6.04 Å². The van der Waals surface area contributed by atoms with Crippen LogP contribution in [0.15, 0.2) is 24.3 Å². The van der Waals surface area contributed by atoms with Gasteiger partial charge in [-0.25, -0.2) is 9.18 Å². The molecule has 3 nitrogen and oxygen atoms in total. The minimum atomic E-state index is -0.529. The molecule has 0 aliphatic carbocycles. The zero-order valence-corrected chi connectivity index (χ0v) is 12.6. The second-order valence-electron chi connectivity index (χ2n) is 5.08. The van der Waals surface area contributed by atoms with Crippen LogP contribution in [0.2, 0.25) is 0 Å². The van der Waals surface area contributed by atoms with Gasteiger partial charge in [0.15, 0.2) is 0 Å². The van der Waals surface area contributed by atoms with Crippen molar-refractivity contribution < 1.29 is 13.9 Å². The summed E-state index contributed by atoms with van der Waals surface area (Å²) in [6, 6.07) is 5.30. The van der Waals surface area contributed by atoms with Crippen molar-refractivity contribution in [2.24, 2.45) is 5.41 Å². The van der Waals surface area contributed by atoms with Crippen LogP contribution in [-0.4, -0.2) is 12.1 Å². The maximum atomic E-state index is 12.6. The summed E-state index contributed by atoms with van der Waals surface area (Å²) >= 11 is 0. The lowest BCUT2D eigenvalue weighted by atomic mass is 9.88. The summed E-state index contributed by atoms with van der Waals surface area (Å²) in [4.78, 5) is 11.5. The van der Waals surface area contributed by atoms with E-state index in [0.29, 0.717) is 5.75 Å². The van der Waals surface area contributed by atoms with E-state index in [-0.39, 0.29) is 17.3 Å². The summed E-state index contributed by atoms with van der Waals surface area (Å²) in [5, 5.41) is 2.73. The number of carbonyl (C=O) groups excluding carboxylic acids is 1. The van der Waals surface area contributed by atoms with Gasteiger partial charge in [-0.3, -0.25) is 0 Å². The topological polar surface area (TPSA) is 38.3 Å². The maximum absolute atomic E-state index is 12.6. The van der Waals surface area contributed by atoms with Crippen molar-refractivity contribution in [1.82, 2.24) is 5.32 Å². The molecule has 4 heteroatoms. The highest BCUT2D eigenvalue weighted by molar-refractivity contribution is 5.70. The minimum Gasteiger partial charge on any atom is -0.410 e. The predicted octanol–water partition coefficient (Wildman–Crippen LogP) is 4.37. The second kappa shape index (κ2) is 7.77. The number of benzene rings is 1. The molecular weight excluding hydrogens is 245 g/mol. The molecule has 19 heavy (non-hydrogen) atoms. The molecule has 1 rings (SSSR count). The van der Waals surface area contributed by atoms with Crippen molar-refractivity contribution in [2.75, 3.05) is 0 Å². The molecule has 0 aromatic heterocycles. The smallest absolute Gasteiger partial charge is 0.410 e. The van der Waals surface area contributed by atoms with Crippen LogP contribution in [0.4, 0.5) is 9.18 Å². The molecule has 1 unspecified atom stereocenters. The standard InChI is InChI=1S/C13H18FNO2.C2H6/c1-9(13(2,3)4)15-12(16)17-11-7-5-10(14)6-8-11;1-2/h5-9H,1-4H3,(H,15,16);1-2H3. The van der Waals surface area contributed by atoms with Crippen LogP contribution in [0.3, 0.4) is 0 Å². The first-order valence-corrected chi connectivity index (χ1v) is 6.53. The summed E-state index contributed by atoms with van der Waals surface area (Å²) in [5.41, 5.74) is -0.0399. The SMILES string of the molecule is CC.CC(NC(=O)Oc1ccc(F)cc1)C(C)(C)C. The number of nitrogens with one attached hydrogen (secondary N) is 1. The van der Waals surface area contributed by atoms with Crippen molar-refractivity contribution in [3.05, 3.63) is 30.1 Å². The Kier molecular flexibility index (Phi) is 7.12. The molecule has 0 aliphatic rings. The number of ether oxygens (including phenoxy) is 1. The molecule has 0 bridgehead atoms. The highest BCUT2D eigenvalue weighted by atomic mass is 19.1. The van der Waals surface area contributed by atoms with Gasteiger partial charge in [0.2, 0.25) is 0 Å². The summed E-state index contributed by atoms with van der Waals surface area (Å²) < 4.78 is 17.7. The van der Waals surface area contributed by atoms with Crippen LogP contribution in [-0.2, 0) is 0 Å². The van der Waals surface area contributed by atoms with Gasteiger partial charge in [0.25, 0.3) is 0 Å². The Labute approximate surface area is 115 Å². The van der Waals surface area contributed by atoms with Gasteiger partial charge < -0.3 is 10.1 Å². The molecule has 0 heterocycles. The van der Waals surface area contributed by atoms with Crippen LogP contribution >= 0.6 is 0 Å². The average molecular weight is 269 g/mol. The van der Waals surface area contributed by atoms with E-state index in [9.17, 15) is 9.18 Å². The molecule has 1 amide bonds. The van der Waals surface area contributed by atoms with Crippen LogP contribution in [0, 0.1) is 11.2 Å². The van der Waals surface area contributed by atoms with Gasteiger partial charge in [-0.15, -0.1) is 0 Å². The number of hydrogen-bond acceptors (Lipinski definition) is 2. The average Bonchev–Trinajstić information content (AvgIpc) is 2.33. The van der Waals surface area contributed by atoms with Crippen molar-refractivity contribution in [1.29, 1.82) is 0 Å². The quantitative estimate of drug-likeness (QED) is 0.865. The van der Waals surface area contributed by atoms with Crippen LogP contribution in [0.25, 0.3) is 0 Å². The normalized spacial score (nSPS) is 11.9. The van der Waals surface area contributed by atoms with Gasteiger partial charge in [0.1, 0.15) is 11.6 Å². The Morgan fingerprint density at radius 2 is 1.68 bits per heavy atom. The zero-order valence-electron chi connectivity index (χ0n) is 12.6. The van der Waals surface area contributed by atoms with Crippen molar-refractivity contribution in [3.63, 3.8) is 0 Å². The van der Waals surface area contributed by atoms with Crippen molar-refractivity contribution in [2.45, 2.75) is 47.6 Å². The van der Waals surface area contributed by atoms with E-state index in [0.717, 1.165) is 0 Å². The molecule has 1 atom stereocenters. The van der Waals surface area contributed by atoms with E-state index in [4.69, 9.17) is 4.74 Å². The Morgan fingerprint density at radius 1 is 1.21 bits per heavy atom. The minimum absolute atomic E-state index is 0.0181. The highest BCUT2D eigenvalue weighted by Crippen LogP contribution is 2.19. The molecule has 0 fully saturated rings. The zero-order chi connectivity index (χ0) is 15.1. The predicted molar refractivity (Wildman–Crippen MR) is 75.8 cm³/mol. The first-order chi connectivity index (χ1) is 8.79. The van der Waals surface area contributed by atoms with Gasteiger partial charge in [-0.1, -0.05) is 34.6 Å². The Bertz CT molecular complexity index is 382. The third-order valence-electron chi connectivity index (χ3n) is 2.66. The molecule has 1 aromatic carbocycles. The number of rotatable bonds is 2. The Balaban J connectivity index is 0.00000154. The molecule has 0 spiro atoms. The molecule has 108 valence electrons. The summed E-state index contributed by atoms with van der Waals surface area (Å²) in [6.07, 6.45) is -0.529. The largest absolute Gasteiger partial charge is 0.412 e. The fourth-order valence-electron chi connectivity index (χ4n) is 1.03. The van der Waals surface area contributed by atoms with Gasteiger partial charge in [-0.2, -0.15) is 0 Å². The maximum Gasteiger partial charge on any atom is 0.412 e. The van der Waals surface area contributed by atoms with Crippen molar-refractivity contribution >= 4 is 6.09 Å². The molecule has 0 saturated heterocycles. The van der Waals surface area contributed by atoms with Crippen LogP contribution < -0.4 is 10.1 Å². The first kappa shape index (κ1) is 17.4. The Hall–Kier alpha value is -1.58. The number of carbonyl (C=O) groups is 1. The van der Waals surface area contributed by atoms with E-state index in [1.807, 2.05) is 41.5 Å². The van der Waals surface area contributed by atoms with Crippen molar-refractivity contribution in [3.8, 4) is 5.75 Å². The third kappa shape index (κ3) is 6.79. The fourth-order valence-corrected chi connectivity index (χ4v) is 1.03. The summed E-state index contributed by atoms with van der Waals surface area (Å²) in [6.45, 7) is 12.0. The van der Waals surface area contributed by atoms with E-state index >= 15 is 0 Å². The number of amides is 1. The monoisotopic (exact) mass is 269 g/mol. The first-order valence-electron chi connectivity index (χ1n) is 6.53. The third-order valence-corrected chi connectivity index (χ3v) is 2.66. The van der Waals surface area contributed by atoms with Crippen LogP contribution in [0.1, 0.15) is 41.5 Å². The van der Waals surface area contributed by atoms with E-state index in [1.165, 1.54) is 24.3 Å². The molecule has 1 N–H and O–H groups in total. The molecule has 0 aliphatic heterocycles. The molecule has 0 saturated carbocycles. The van der Waals surface area contributed by atoms with Crippen LogP contribution in [0.5, 0.6) is 5.75 Å². The highest BCUT2D eigenvalue weighted by Gasteiger charge is 2.22. The lowest BCUT2D eigenvalue weighted by Gasteiger charge is -2.27. The van der Waals surface area contributed by atoms with E-state index in [1.54, 1.807) is 0 Å². The Morgan fingerprint density at radius 3 is 2.11 bits per heavy atom. The lowest BCUT2D eigenvalue weighted by Crippen LogP contribution is -2.42. The van der Waals surface area contributed by atoms with Gasteiger partial charge >= 0.3 is 6.09 Å². The van der Waals surface area contributed by atoms with E-state index < -0.39 is 6.09 Å². The second-order valence-corrected chi connectivity index (χ2v) is 5.08. The van der Waals surface area contributed by atoms with E-state index in [2.05, 4.69) is 5.32 Å². The number of hydrogen-bond donors (Lipinski definition) is 1. The lowest BCUT2D eigenvalue weighted by molar-refractivity contribution is 0.184. The molecule has 0 radical (unpaired) electrons.